The zero-order valence-corrected chi connectivity index (χ0v) is 17.4. The minimum absolute atomic E-state index is 0.120. The Bertz CT molecular complexity index is 913. The van der Waals surface area contributed by atoms with Gasteiger partial charge in [-0.25, -0.2) is 0 Å². The molecule has 3 rings (SSSR count). The van der Waals surface area contributed by atoms with Crippen molar-refractivity contribution in [3.05, 3.63) is 77.1 Å². The van der Waals surface area contributed by atoms with Crippen LogP contribution in [0.15, 0.2) is 60.4 Å². The van der Waals surface area contributed by atoms with Gasteiger partial charge in [-0.1, -0.05) is 42.5 Å². The topological polar surface area (TPSA) is 69.4 Å². The number of carbonyl (C=O) groups is 1. The monoisotopic (exact) mass is 410 g/mol. The summed E-state index contributed by atoms with van der Waals surface area (Å²) in [7, 11) is 3.32. The molecule has 0 spiro atoms. The molecule has 158 valence electrons. The minimum atomic E-state index is -0.181. The molecule has 1 aliphatic heterocycles. The molecule has 0 fully saturated rings. The Kier molecular flexibility index (Phi) is 7.79. The first kappa shape index (κ1) is 21.8. The number of quaternary nitrogens is 1. The zero-order valence-electron chi connectivity index (χ0n) is 17.4. The Labute approximate surface area is 177 Å². The predicted molar refractivity (Wildman–Crippen MR) is 115 cm³/mol. The Hall–Kier alpha value is -2.93. The average molecular weight is 410 g/mol. The summed E-state index contributed by atoms with van der Waals surface area (Å²) < 4.78 is 16.3. The quantitative estimate of drug-likeness (QED) is 0.588. The number of hydrogen-bond acceptors (Lipinski definition) is 5. The number of phenolic OH excluding ortho intramolecular Hbond substituents is 1. The molecule has 6 heteroatoms. The first-order valence-corrected chi connectivity index (χ1v) is 9.96. The summed E-state index contributed by atoms with van der Waals surface area (Å²) in [6, 6.07) is 13.0. The van der Waals surface area contributed by atoms with E-state index in [4.69, 9.17) is 14.2 Å². The van der Waals surface area contributed by atoms with Crippen LogP contribution < -0.4 is 9.64 Å². The van der Waals surface area contributed by atoms with Gasteiger partial charge in [0.2, 0.25) is 5.78 Å². The fourth-order valence-electron chi connectivity index (χ4n) is 3.34. The molecule has 1 heterocycles. The summed E-state index contributed by atoms with van der Waals surface area (Å²) in [6.45, 7) is 3.18. The van der Waals surface area contributed by atoms with Gasteiger partial charge in [0.05, 0.1) is 24.3 Å². The molecule has 2 aromatic rings. The third-order valence-electron chi connectivity index (χ3n) is 5.00. The first-order chi connectivity index (χ1) is 14.6. The lowest BCUT2D eigenvalue weighted by Crippen LogP contribution is -3.11. The molecule has 0 saturated heterocycles. The van der Waals surface area contributed by atoms with Crippen LogP contribution in [0.1, 0.15) is 21.5 Å². The average Bonchev–Trinajstić information content (AvgIpc) is 3.08. The second-order valence-electron chi connectivity index (χ2n) is 7.08. The van der Waals surface area contributed by atoms with Gasteiger partial charge in [0.25, 0.3) is 0 Å². The number of fused-ring (bicyclic) bond motifs is 1. The first-order valence-electron chi connectivity index (χ1n) is 9.96. The van der Waals surface area contributed by atoms with E-state index >= 15 is 0 Å². The largest absolute Gasteiger partial charge is 0.507 e. The number of Topliss-reactive ketones (excluding diaryl/α,β-unsaturated/α-hetero) is 1. The summed E-state index contributed by atoms with van der Waals surface area (Å²) >= 11 is 0. The summed E-state index contributed by atoms with van der Waals surface area (Å²) in [5.74, 6) is 0.625. The SMILES string of the molecule is COCC[NH+](CCOC)Cc1c(O)ccc2c1O/C(=C/C=C/c1ccccc1)C2=O. The van der Waals surface area contributed by atoms with E-state index in [2.05, 4.69) is 0 Å². The number of carbonyl (C=O) groups excluding carboxylic acids is 1. The molecule has 0 radical (unpaired) electrons. The van der Waals surface area contributed by atoms with E-state index in [0.29, 0.717) is 36.6 Å². The van der Waals surface area contributed by atoms with Crippen molar-refractivity contribution in [1.82, 2.24) is 0 Å². The van der Waals surface area contributed by atoms with Crippen molar-refractivity contribution < 1.29 is 29.0 Å². The third kappa shape index (κ3) is 5.36. The highest BCUT2D eigenvalue weighted by Gasteiger charge is 2.32. The van der Waals surface area contributed by atoms with Crippen molar-refractivity contribution in [1.29, 1.82) is 0 Å². The van der Waals surface area contributed by atoms with E-state index in [0.717, 1.165) is 18.7 Å². The number of ether oxygens (including phenoxy) is 3. The predicted octanol–water partition coefficient (Wildman–Crippen LogP) is 2.24. The second kappa shape index (κ2) is 10.7. The van der Waals surface area contributed by atoms with E-state index in [1.54, 1.807) is 38.5 Å². The van der Waals surface area contributed by atoms with Crippen LogP contribution in [0.5, 0.6) is 11.5 Å². The molecule has 30 heavy (non-hydrogen) atoms. The smallest absolute Gasteiger partial charge is 0.231 e. The summed E-state index contributed by atoms with van der Waals surface area (Å²) in [5.41, 5.74) is 2.13. The van der Waals surface area contributed by atoms with Gasteiger partial charge < -0.3 is 24.2 Å². The third-order valence-corrected chi connectivity index (χ3v) is 5.00. The normalized spacial score (nSPS) is 14.6. The van der Waals surface area contributed by atoms with Gasteiger partial charge in [-0.05, 0) is 23.8 Å². The van der Waals surface area contributed by atoms with E-state index in [1.807, 2.05) is 36.4 Å². The number of phenols is 1. The number of benzene rings is 2. The molecule has 0 atom stereocenters. The van der Waals surface area contributed by atoms with Crippen molar-refractivity contribution in [2.45, 2.75) is 6.54 Å². The van der Waals surface area contributed by atoms with Crippen LogP contribution in [0, 0.1) is 0 Å². The van der Waals surface area contributed by atoms with Crippen LogP contribution >= 0.6 is 0 Å². The Morgan fingerprint density at radius 2 is 1.73 bits per heavy atom. The lowest BCUT2D eigenvalue weighted by molar-refractivity contribution is -0.914. The number of nitrogens with one attached hydrogen (secondary N) is 1. The highest BCUT2D eigenvalue weighted by Crippen LogP contribution is 2.38. The molecular weight excluding hydrogens is 382 g/mol. The summed E-state index contributed by atoms with van der Waals surface area (Å²) in [4.78, 5) is 13.9. The zero-order chi connectivity index (χ0) is 21.3. The van der Waals surface area contributed by atoms with E-state index < -0.39 is 0 Å². The van der Waals surface area contributed by atoms with E-state index in [9.17, 15) is 9.90 Å². The van der Waals surface area contributed by atoms with Gasteiger partial charge in [-0.3, -0.25) is 4.79 Å². The maximum Gasteiger partial charge on any atom is 0.231 e. The van der Waals surface area contributed by atoms with Crippen LogP contribution in [0.25, 0.3) is 6.08 Å². The Balaban J connectivity index is 1.81. The molecule has 0 saturated carbocycles. The number of hydrogen-bond donors (Lipinski definition) is 2. The van der Waals surface area contributed by atoms with Gasteiger partial charge >= 0.3 is 0 Å². The van der Waals surface area contributed by atoms with Crippen LogP contribution in [0.4, 0.5) is 0 Å². The summed E-state index contributed by atoms with van der Waals surface area (Å²) in [6.07, 6.45) is 5.37. The minimum Gasteiger partial charge on any atom is -0.507 e. The molecule has 0 bridgehead atoms. The highest BCUT2D eigenvalue weighted by molar-refractivity contribution is 6.12. The van der Waals surface area contributed by atoms with Crippen LogP contribution in [-0.4, -0.2) is 51.4 Å². The van der Waals surface area contributed by atoms with Crippen molar-refractivity contribution >= 4 is 11.9 Å². The maximum atomic E-state index is 12.8. The number of methoxy groups -OCH3 is 2. The fraction of sp³-hybridized carbons (Fsp3) is 0.292. The van der Waals surface area contributed by atoms with Crippen LogP contribution in [-0.2, 0) is 16.0 Å². The van der Waals surface area contributed by atoms with Gasteiger partial charge in [-0.15, -0.1) is 0 Å². The fourth-order valence-corrected chi connectivity index (χ4v) is 3.34. The van der Waals surface area contributed by atoms with Crippen LogP contribution in [0.3, 0.4) is 0 Å². The lowest BCUT2D eigenvalue weighted by Gasteiger charge is -2.20. The maximum absolute atomic E-state index is 12.8. The number of aromatic hydroxyl groups is 1. The Morgan fingerprint density at radius 3 is 2.40 bits per heavy atom. The molecule has 0 aromatic heterocycles. The van der Waals surface area contributed by atoms with Crippen molar-refractivity contribution in [2.24, 2.45) is 0 Å². The molecule has 6 nitrogen and oxygen atoms in total. The molecule has 2 N–H and O–H groups in total. The van der Waals surface area contributed by atoms with Crippen molar-refractivity contribution in [3.63, 3.8) is 0 Å². The van der Waals surface area contributed by atoms with Gasteiger partial charge in [0.1, 0.15) is 25.4 Å². The lowest BCUT2D eigenvalue weighted by atomic mass is 10.0. The number of rotatable bonds is 10. The molecular formula is C24H28NO5+. The van der Waals surface area contributed by atoms with Gasteiger partial charge in [-0.2, -0.15) is 0 Å². The van der Waals surface area contributed by atoms with Gasteiger partial charge in [0, 0.05) is 14.2 Å². The molecule has 0 aliphatic carbocycles. The van der Waals surface area contributed by atoms with E-state index in [-0.39, 0.29) is 17.3 Å². The van der Waals surface area contributed by atoms with E-state index in [1.165, 1.54) is 4.90 Å². The second-order valence-corrected chi connectivity index (χ2v) is 7.08. The molecule has 2 aromatic carbocycles. The molecule has 1 aliphatic rings. The van der Waals surface area contributed by atoms with Crippen molar-refractivity contribution in [2.75, 3.05) is 40.5 Å². The van der Waals surface area contributed by atoms with Crippen molar-refractivity contribution in [3.8, 4) is 11.5 Å². The molecule has 0 amide bonds. The standard InChI is InChI=1S/C24H27NO5/c1-28-15-13-25(14-16-29-2)17-20-21(26)12-11-19-23(27)22(30-24(19)20)10-6-9-18-7-4-3-5-8-18/h3-12,26H,13-17H2,1-2H3/p+1/b9-6+,22-10+. The van der Waals surface area contributed by atoms with Gasteiger partial charge in [0.15, 0.2) is 11.5 Å². The highest BCUT2D eigenvalue weighted by atomic mass is 16.5. The molecule has 0 unspecified atom stereocenters. The Morgan fingerprint density at radius 1 is 1.03 bits per heavy atom. The summed E-state index contributed by atoms with van der Waals surface area (Å²) in [5, 5.41) is 10.5. The van der Waals surface area contributed by atoms with Crippen LogP contribution in [0.2, 0.25) is 0 Å². The number of ketones is 1. The number of allylic oxidation sites excluding steroid dienone is 3.